The molecule has 0 bridgehead atoms. The Bertz CT molecular complexity index is 341. The van der Waals surface area contributed by atoms with Gasteiger partial charge in [0.15, 0.2) is 0 Å². The molecule has 0 radical (unpaired) electrons. The van der Waals surface area contributed by atoms with Gasteiger partial charge in [0.1, 0.15) is 0 Å². The summed E-state index contributed by atoms with van der Waals surface area (Å²) in [5.41, 5.74) is 10.5. The molecule has 1 aromatic rings. The van der Waals surface area contributed by atoms with Crippen LogP contribution in [0.2, 0.25) is 0 Å². The molecule has 0 aliphatic carbocycles. The van der Waals surface area contributed by atoms with Gasteiger partial charge in [-0.2, -0.15) is 0 Å². The summed E-state index contributed by atoms with van der Waals surface area (Å²) in [5.74, 6) is 0.738. The lowest BCUT2D eigenvalue weighted by Gasteiger charge is -2.16. The molecule has 0 heterocycles. The van der Waals surface area contributed by atoms with Gasteiger partial charge in [-0.05, 0) is 48.3 Å². The van der Waals surface area contributed by atoms with E-state index in [1.807, 2.05) is 0 Å². The van der Waals surface area contributed by atoms with Crippen LogP contribution >= 0.6 is 0 Å². The van der Waals surface area contributed by atoms with Crippen molar-refractivity contribution in [2.75, 3.05) is 0 Å². The van der Waals surface area contributed by atoms with Gasteiger partial charge in [0, 0.05) is 6.04 Å². The maximum absolute atomic E-state index is 6.26. The minimum absolute atomic E-state index is 0.202. The van der Waals surface area contributed by atoms with E-state index in [4.69, 9.17) is 5.73 Å². The Morgan fingerprint density at radius 2 is 1.65 bits per heavy atom. The smallest absolute Gasteiger partial charge is 0.0295 e. The molecule has 96 valence electrons. The molecule has 0 aromatic heterocycles. The largest absolute Gasteiger partial charge is 0.324 e. The van der Waals surface area contributed by atoms with E-state index in [0.717, 1.165) is 25.2 Å². The molecular formula is C16H27N. The maximum Gasteiger partial charge on any atom is 0.0295 e. The number of hydrogen-bond donors (Lipinski definition) is 1. The van der Waals surface area contributed by atoms with E-state index in [9.17, 15) is 0 Å². The summed E-state index contributed by atoms with van der Waals surface area (Å²) in [6.45, 7) is 8.94. The van der Waals surface area contributed by atoms with Crippen LogP contribution in [-0.4, -0.2) is 0 Å². The van der Waals surface area contributed by atoms with E-state index in [0.29, 0.717) is 0 Å². The molecule has 0 aliphatic heterocycles. The normalized spacial score (nSPS) is 13.1. The first-order chi connectivity index (χ1) is 8.08. The summed E-state index contributed by atoms with van der Waals surface area (Å²) in [4.78, 5) is 0. The minimum atomic E-state index is 0.202. The van der Waals surface area contributed by atoms with Gasteiger partial charge in [0.25, 0.3) is 0 Å². The van der Waals surface area contributed by atoms with Gasteiger partial charge in [-0.15, -0.1) is 0 Å². The molecule has 0 saturated carbocycles. The predicted octanol–water partition coefficient (Wildman–Crippen LogP) is 4.25. The third-order valence-electron chi connectivity index (χ3n) is 3.48. The number of aryl methyl sites for hydroxylation is 2. The molecule has 17 heavy (non-hydrogen) atoms. The van der Waals surface area contributed by atoms with Gasteiger partial charge < -0.3 is 5.73 Å². The lowest BCUT2D eigenvalue weighted by molar-refractivity contribution is 0.507. The van der Waals surface area contributed by atoms with Crippen LogP contribution in [0.15, 0.2) is 18.2 Å². The van der Waals surface area contributed by atoms with Crippen molar-refractivity contribution in [3.8, 4) is 0 Å². The van der Waals surface area contributed by atoms with Crippen LogP contribution in [0.1, 0.15) is 63.3 Å². The third kappa shape index (κ3) is 4.16. The third-order valence-corrected chi connectivity index (χ3v) is 3.48. The molecule has 0 amide bonds. The summed E-state index contributed by atoms with van der Waals surface area (Å²) < 4.78 is 0. The zero-order valence-electron chi connectivity index (χ0n) is 11.8. The van der Waals surface area contributed by atoms with Crippen molar-refractivity contribution < 1.29 is 0 Å². The second-order valence-corrected chi connectivity index (χ2v) is 5.31. The fourth-order valence-electron chi connectivity index (χ4n) is 2.23. The van der Waals surface area contributed by atoms with Crippen LogP contribution in [0.4, 0.5) is 0 Å². The second kappa shape index (κ2) is 6.80. The van der Waals surface area contributed by atoms with Crippen LogP contribution in [0.25, 0.3) is 0 Å². The highest BCUT2D eigenvalue weighted by molar-refractivity contribution is 5.33. The molecule has 2 N–H and O–H groups in total. The number of hydrogen-bond acceptors (Lipinski definition) is 1. The average molecular weight is 233 g/mol. The summed E-state index contributed by atoms with van der Waals surface area (Å²) in [6, 6.07) is 6.98. The Hall–Kier alpha value is -0.820. The van der Waals surface area contributed by atoms with Crippen LogP contribution in [0.3, 0.4) is 0 Å². The van der Waals surface area contributed by atoms with Crippen molar-refractivity contribution in [2.24, 2.45) is 11.7 Å². The van der Waals surface area contributed by atoms with Crippen LogP contribution < -0.4 is 5.73 Å². The lowest BCUT2D eigenvalue weighted by Crippen LogP contribution is -2.12. The van der Waals surface area contributed by atoms with Gasteiger partial charge in [-0.1, -0.05) is 45.9 Å². The van der Waals surface area contributed by atoms with E-state index in [1.54, 1.807) is 0 Å². The Morgan fingerprint density at radius 1 is 1.00 bits per heavy atom. The molecule has 1 heteroatoms. The van der Waals surface area contributed by atoms with Gasteiger partial charge in [-0.3, -0.25) is 0 Å². The summed E-state index contributed by atoms with van der Waals surface area (Å²) in [5, 5.41) is 0. The van der Waals surface area contributed by atoms with E-state index in [1.165, 1.54) is 23.1 Å². The standard InChI is InChI=1S/C16H27N/c1-5-13-8-9-15(11-14(13)6-2)16(17)10-7-12(3)4/h8-9,11-12,16H,5-7,10,17H2,1-4H3. The molecule has 1 atom stereocenters. The maximum atomic E-state index is 6.26. The van der Waals surface area contributed by atoms with Crippen molar-refractivity contribution in [3.05, 3.63) is 34.9 Å². The average Bonchev–Trinajstić information content (AvgIpc) is 2.34. The number of benzene rings is 1. The first kappa shape index (κ1) is 14.2. The topological polar surface area (TPSA) is 26.0 Å². The molecular weight excluding hydrogens is 206 g/mol. The lowest BCUT2D eigenvalue weighted by atomic mass is 9.94. The zero-order chi connectivity index (χ0) is 12.8. The van der Waals surface area contributed by atoms with Gasteiger partial charge >= 0.3 is 0 Å². The second-order valence-electron chi connectivity index (χ2n) is 5.31. The quantitative estimate of drug-likeness (QED) is 0.781. The monoisotopic (exact) mass is 233 g/mol. The predicted molar refractivity (Wildman–Crippen MR) is 76.2 cm³/mol. The minimum Gasteiger partial charge on any atom is -0.324 e. The molecule has 1 unspecified atom stereocenters. The highest BCUT2D eigenvalue weighted by Crippen LogP contribution is 2.22. The highest BCUT2D eigenvalue weighted by Gasteiger charge is 2.09. The first-order valence-electron chi connectivity index (χ1n) is 6.95. The van der Waals surface area contributed by atoms with E-state index >= 15 is 0 Å². The van der Waals surface area contributed by atoms with Crippen molar-refractivity contribution in [1.29, 1.82) is 0 Å². The van der Waals surface area contributed by atoms with E-state index < -0.39 is 0 Å². The Labute approximate surface area is 106 Å². The molecule has 0 spiro atoms. The highest BCUT2D eigenvalue weighted by atomic mass is 14.6. The molecule has 0 aliphatic rings. The number of rotatable bonds is 6. The summed E-state index contributed by atoms with van der Waals surface area (Å²) >= 11 is 0. The fraction of sp³-hybridized carbons (Fsp3) is 0.625. The van der Waals surface area contributed by atoms with Crippen molar-refractivity contribution in [1.82, 2.24) is 0 Å². The Balaban J connectivity index is 2.77. The van der Waals surface area contributed by atoms with Gasteiger partial charge in [0.05, 0.1) is 0 Å². The van der Waals surface area contributed by atoms with Crippen LogP contribution in [0.5, 0.6) is 0 Å². The summed E-state index contributed by atoms with van der Waals surface area (Å²) in [7, 11) is 0. The Kier molecular flexibility index (Phi) is 5.70. The van der Waals surface area contributed by atoms with E-state index in [2.05, 4.69) is 45.9 Å². The SMILES string of the molecule is CCc1ccc(C(N)CCC(C)C)cc1CC. The Morgan fingerprint density at radius 3 is 2.18 bits per heavy atom. The molecule has 1 rings (SSSR count). The van der Waals surface area contributed by atoms with Crippen LogP contribution in [0, 0.1) is 5.92 Å². The van der Waals surface area contributed by atoms with Gasteiger partial charge in [0.2, 0.25) is 0 Å². The van der Waals surface area contributed by atoms with E-state index in [-0.39, 0.29) is 6.04 Å². The fourth-order valence-corrected chi connectivity index (χ4v) is 2.23. The molecule has 0 saturated heterocycles. The molecule has 1 aromatic carbocycles. The first-order valence-corrected chi connectivity index (χ1v) is 6.95. The van der Waals surface area contributed by atoms with Crippen molar-refractivity contribution >= 4 is 0 Å². The summed E-state index contributed by atoms with van der Waals surface area (Å²) in [6.07, 6.45) is 4.52. The van der Waals surface area contributed by atoms with Crippen LogP contribution in [-0.2, 0) is 12.8 Å². The molecule has 0 fully saturated rings. The molecule has 1 nitrogen and oxygen atoms in total. The van der Waals surface area contributed by atoms with Crippen molar-refractivity contribution in [2.45, 2.75) is 59.4 Å². The zero-order valence-corrected chi connectivity index (χ0v) is 11.8. The number of nitrogens with two attached hydrogens (primary N) is 1. The van der Waals surface area contributed by atoms with Gasteiger partial charge in [-0.25, -0.2) is 0 Å². The van der Waals surface area contributed by atoms with Crippen molar-refractivity contribution in [3.63, 3.8) is 0 Å².